The smallest absolute Gasteiger partial charge is 0.313 e. The molecule has 0 bridgehead atoms. The van der Waals surface area contributed by atoms with E-state index in [2.05, 4.69) is 25.9 Å². The summed E-state index contributed by atoms with van der Waals surface area (Å²) in [6.07, 6.45) is 0. The number of hydrogen-bond donors (Lipinski definition) is 1. The number of halogens is 1. The van der Waals surface area contributed by atoms with Crippen LogP contribution < -0.4 is 10.5 Å². The highest BCUT2D eigenvalue weighted by Gasteiger charge is 2.20. The highest BCUT2D eigenvalue weighted by atomic mass is 79.9. The van der Waals surface area contributed by atoms with E-state index in [0.29, 0.717) is 15.7 Å². The summed E-state index contributed by atoms with van der Waals surface area (Å²) in [6, 6.07) is 4.65. The summed E-state index contributed by atoms with van der Waals surface area (Å²) in [5.74, 6) is 0.358. The van der Waals surface area contributed by atoms with E-state index in [9.17, 15) is 10.1 Å². The number of nitrogens with zero attached hydrogens (tertiary/aromatic N) is 3. The van der Waals surface area contributed by atoms with Crippen LogP contribution in [0.5, 0.6) is 11.6 Å². The molecule has 104 valence electrons. The summed E-state index contributed by atoms with van der Waals surface area (Å²) >= 11 is 3.22. The Labute approximate surface area is 123 Å². The molecule has 2 rings (SSSR count). The summed E-state index contributed by atoms with van der Waals surface area (Å²) in [6.45, 7) is 3.44. The van der Waals surface area contributed by atoms with Crippen LogP contribution >= 0.6 is 15.9 Å². The van der Waals surface area contributed by atoms with Gasteiger partial charge in [-0.1, -0.05) is 15.9 Å². The Hall–Kier alpha value is -2.22. The molecule has 2 aromatic rings. The minimum absolute atomic E-state index is 0.0532. The van der Waals surface area contributed by atoms with Crippen LogP contribution in [0.25, 0.3) is 0 Å². The highest BCUT2D eigenvalue weighted by Crippen LogP contribution is 2.36. The summed E-state index contributed by atoms with van der Waals surface area (Å²) in [7, 11) is 0. The van der Waals surface area contributed by atoms with Crippen molar-refractivity contribution in [2.45, 2.75) is 13.8 Å². The van der Waals surface area contributed by atoms with Gasteiger partial charge in [0.1, 0.15) is 0 Å². The number of benzene rings is 1. The second-order valence-corrected chi connectivity index (χ2v) is 5.05. The maximum absolute atomic E-state index is 11.1. The number of aromatic nitrogens is 2. The van der Waals surface area contributed by atoms with Crippen molar-refractivity contribution >= 4 is 27.6 Å². The minimum Gasteiger partial charge on any atom is -0.431 e. The van der Waals surface area contributed by atoms with E-state index in [0.717, 1.165) is 0 Å². The fraction of sp³-hybridized carbons (Fsp3) is 0.167. The number of nitrogen functional groups attached to an aromatic ring is 1. The van der Waals surface area contributed by atoms with Crippen molar-refractivity contribution in [1.29, 1.82) is 0 Å². The first-order chi connectivity index (χ1) is 9.36. The molecule has 0 radical (unpaired) electrons. The Kier molecular flexibility index (Phi) is 3.84. The number of hydrogen-bond acceptors (Lipinski definition) is 6. The summed E-state index contributed by atoms with van der Waals surface area (Å²) in [4.78, 5) is 18.4. The Morgan fingerprint density at radius 1 is 1.30 bits per heavy atom. The minimum atomic E-state index is -0.509. The van der Waals surface area contributed by atoms with Crippen molar-refractivity contribution in [3.63, 3.8) is 0 Å². The molecule has 0 atom stereocenters. The van der Waals surface area contributed by atoms with E-state index >= 15 is 0 Å². The Morgan fingerprint density at radius 3 is 2.60 bits per heavy atom. The van der Waals surface area contributed by atoms with E-state index in [4.69, 9.17) is 10.5 Å². The van der Waals surface area contributed by atoms with Gasteiger partial charge in [0.25, 0.3) is 0 Å². The zero-order valence-electron chi connectivity index (χ0n) is 10.8. The highest BCUT2D eigenvalue weighted by molar-refractivity contribution is 9.10. The van der Waals surface area contributed by atoms with Gasteiger partial charge in [-0.2, -0.15) is 4.98 Å². The van der Waals surface area contributed by atoms with Gasteiger partial charge in [-0.15, -0.1) is 0 Å². The maximum Gasteiger partial charge on any atom is 0.313 e. The number of rotatable bonds is 3. The lowest BCUT2D eigenvalue weighted by Crippen LogP contribution is -2.01. The second kappa shape index (κ2) is 5.41. The quantitative estimate of drug-likeness (QED) is 0.680. The van der Waals surface area contributed by atoms with Crippen LogP contribution in [-0.4, -0.2) is 14.9 Å². The molecule has 0 unspecified atom stereocenters. The van der Waals surface area contributed by atoms with Gasteiger partial charge < -0.3 is 10.5 Å². The number of nitro benzene ring substituents is 1. The van der Waals surface area contributed by atoms with E-state index in [1.165, 1.54) is 6.07 Å². The van der Waals surface area contributed by atoms with Gasteiger partial charge in [-0.25, -0.2) is 4.98 Å². The van der Waals surface area contributed by atoms with Crippen LogP contribution in [0.3, 0.4) is 0 Å². The van der Waals surface area contributed by atoms with Gasteiger partial charge in [-0.05, 0) is 19.9 Å². The summed E-state index contributed by atoms with van der Waals surface area (Å²) in [5.41, 5.74) is 6.61. The van der Waals surface area contributed by atoms with Crippen molar-refractivity contribution in [3.05, 3.63) is 44.0 Å². The van der Waals surface area contributed by atoms with Gasteiger partial charge >= 0.3 is 5.69 Å². The molecule has 0 amide bonds. The molecule has 0 aliphatic rings. The van der Waals surface area contributed by atoms with Crippen LogP contribution in [0.1, 0.15) is 11.3 Å². The molecule has 1 aromatic heterocycles. The zero-order chi connectivity index (χ0) is 14.9. The Bertz CT molecular complexity index is 670. The third kappa shape index (κ3) is 3.02. The lowest BCUT2D eigenvalue weighted by atomic mass is 10.2. The number of nitrogens with two attached hydrogens (primary N) is 1. The van der Waals surface area contributed by atoms with Crippen molar-refractivity contribution < 1.29 is 9.66 Å². The molecule has 0 aliphatic carbocycles. The molecule has 0 saturated carbocycles. The second-order valence-electron chi connectivity index (χ2n) is 4.14. The topological polar surface area (TPSA) is 104 Å². The van der Waals surface area contributed by atoms with E-state index in [1.807, 2.05) is 0 Å². The van der Waals surface area contributed by atoms with Gasteiger partial charge in [0.05, 0.1) is 4.92 Å². The van der Waals surface area contributed by atoms with Crippen LogP contribution in [0.15, 0.2) is 22.7 Å². The van der Waals surface area contributed by atoms with E-state index in [-0.39, 0.29) is 23.3 Å². The third-order valence-electron chi connectivity index (χ3n) is 2.47. The number of aryl methyl sites for hydroxylation is 2. The molecule has 0 fully saturated rings. The lowest BCUT2D eigenvalue weighted by Gasteiger charge is -2.09. The van der Waals surface area contributed by atoms with Gasteiger partial charge in [0.2, 0.25) is 17.6 Å². The molecular formula is C12H11BrN4O3. The molecule has 7 nitrogen and oxygen atoms in total. The number of nitro groups is 1. The molecule has 2 N–H and O–H groups in total. The van der Waals surface area contributed by atoms with E-state index in [1.54, 1.807) is 26.0 Å². The van der Waals surface area contributed by atoms with Crippen LogP contribution in [0.4, 0.5) is 11.6 Å². The first kappa shape index (κ1) is 14.2. The molecule has 0 saturated heterocycles. The number of anilines is 1. The monoisotopic (exact) mass is 338 g/mol. The normalized spacial score (nSPS) is 10.3. The maximum atomic E-state index is 11.1. The van der Waals surface area contributed by atoms with Gasteiger partial charge in [0, 0.05) is 27.9 Å². The molecule has 0 spiro atoms. The molecular weight excluding hydrogens is 328 g/mol. The van der Waals surface area contributed by atoms with Crippen molar-refractivity contribution in [1.82, 2.24) is 9.97 Å². The Morgan fingerprint density at radius 2 is 2.00 bits per heavy atom. The third-order valence-corrected chi connectivity index (χ3v) is 2.93. The fourth-order valence-electron chi connectivity index (χ4n) is 1.70. The van der Waals surface area contributed by atoms with E-state index < -0.39 is 4.92 Å². The summed E-state index contributed by atoms with van der Waals surface area (Å²) in [5, 5.41) is 11.1. The van der Waals surface area contributed by atoms with Crippen LogP contribution in [-0.2, 0) is 0 Å². The van der Waals surface area contributed by atoms with Crippen LogP contribution in [0, 0.1) is 24.0 Å². The molecule has 20 heavy (non-hydrogen) atoms. The number of ether oxygens (including phenoxy) is 1. The fourth-order valence-corrected chi connectivity index (χ4v) is 2.26. The molecule has 1 aromatic carbocycles. The molecule has 0 aliphatic heterocycles. The molecule has 1 heterocycles. The first-order valence-electron chi connectivity index (χ1n) is 5.60. The van der Waals surface area contributed by atoms with Crippen LogP contribution in [0.2, 0.25) is 0 Å². The average Bonchev–Trinajstić information content (AvgIpc) is 2.30. The predicted molar refractivity (Wildman–Crippen MR) is 76.8 cm³/mol. The standard InChI is InChI=1S/C12H11BrN4O3/c1-6-3-8(13)5-9(17(18)19)11(6)20-10-4-7(2)15-12(14)16-10/h3-5H,1-2H3,(H2,14,15,16). The zero-order valence-corrected chi connectivity index (χ0v) is 12.3. The summed E-state index contributed by atoms with van der Waals surface area (Å²) < 4.78 is 6.13. The van der Waals surface area contributed by atoms with Gasteiger partial charge in [0.15, 0.2) is 0 Å². The SMILES string of the molecule is Cc1cc(Oc2c(C)cc(Br)cc2[N+](=O)[O-])nc(N)n1. The predicted octanol–water partition coefficient (Wildman–Crippen LogP) is 3.14. The van der Waals surface area contributed by atoms with Crippen molar-refractivity contribution in [2.24, 2.45) is 0 Å². The lowest BCUT2D eigenvalue weighted by molar-refractivity contribution is -0.385. The average molecular weight is 339 g/mol. The first-order valence-corrected chi connectivity index (χ1v) is 6.39. The van der Waals surface area contributed by atoms with Gasteiger partial charge in [-0.3, -0.25) is 10.1 Å². The largest absolute Gasteiger partial charge is 0.431 e. The Balaban J connectivity index is 2.50. The van der Waals surface area contributed by atoms with Crippen molar-refractivity contribution in [3.8, 4) is 11.6 Å². The molecule has 8 heteroatoms. The van der Waals surface area contributed by atoms with Crippen molar-refractivity contribution in [2.75, 3.05) is 5.73 Å².